The molecule has 1 aromatic carbocycles. The Hall–Kier alpha value is -1.75. The van der Waals surface area contributed by atoms with Crippen molar-refractivity contribution in [1.82, 2.24) is 20.5 Å². The zero-order chi connectivity index (χ0) is 13.1. The Morgan fingerprint density at radius 3 is 2.84 bits per heavy atom. The van der Waals surface area contributed by atoms with E-state index < -0.39 is 0 Å². The van der Waals surface area contributed by atoms with Gasteiger partial charge in [0, 0.05) is 19.6 Å². The highest BCUT2D eigenvalue weighted by molar-refractivity contribution is 5.74. The lowest BCUT2D eigenvalue weighted by atomic mass is 10.0. The van der Waals surface area contributed by atoms with Gasteiger partial charge >= 0.3 is 0 Å². The molecule has 1 fully saturated rings. The van der Waals surface area contributed by atoms with E-state index in [4.69, 9.17) is 0 Å². The third-order valence-corrected chi connectivity index (χ3v) is 3.60. The van der Waals surface area contributed by atoms with Crippen LogP contribution in [0.25, 0.3) is 11.0 Å². The number of benzene rings is 1. The molecule has 1 unspecified atom stereocenters. The second-order valence-corrected chi connectivity index (χ2v) is 5.13. The number of likely N-dealkylation sites (N-methyl/N-ethyl adjacent to an activating group) is 1. The largest absolute Gasteiger partial charge is 0.341 e. The first-order valence-electron chi connectivity index (χ1n) is 6.87. The van der Waals surface area contributed by atoms with E-state index in [1.807, 2.05) is 31.3 Å². The van der Waals surface area contributed by atoms with Crippen molar-refractivity contribution in [3.05, 3.63) is 24.3 Å². The Labute approximate surface area is 113 Å². The monoisotopic (exact) mass is 257 g/mol. The highest BCUT2D eigenvalue weighted by Crippen LogP contribution is 2.13. The highest BCUT2D eigenvalue weighted by Gasteiger charge is 2.16. The van der Waals surface area contributed by atoms with E-state index in [0.717, 1.165) is 24.1 Å². The molecule has 2 heterocycles. The fourth-order valence-corrected chi connectivity index (χ4v) is 2.53. The van der Waals surface area contributed by atoms with Gasteiger partial charge in [0.15, 0.2) is 0 Å². The van der Waals surface area contributed by atoms with Crippen molar-refractivity contribution in [2.75, 3.05) is 25.0 Å². The minimum Gasteiger partial charge on any atom is -0.341 e. The summed E-state index contributed by atoms with van der Waals surface area (Å²) in [7, 11) is 2.03. The first-order chi connectivity index (χ1) is 9.33. The van der Waals surface area contributed by atoms with Crippen LogP contribution in [0.2, 0.25) is 0 Å². The maximum absolute atomic E-state index is 4.57. The normalized spacial score (nSPS) is 19.5. The van der Waals surface area contributed by atoms with Gasteiger partial charge < -0.3 is 10.2 Å². The van der Waals surface area contributed by atoms with Gasteiger partial charge in [0.1, 0.15) is 5.52 Å². The molecular weight excluding hydrogens is 238 g/mol. The molecule has 1 aliphatic heterocycles. The van der Waals surface area contributed by atoms with Crippen LogP contribution in [0, 0.1) is 0 Å². The van der Waals surface area contributed by atoms with Crippen LogP contribution in [0.5, 0.6) is 0 Å². The first kappa shape index (κ1) is 12.3. The summed E-state index contributed by atoms with van der Waals surface area (Å²) >= 11 is 0. The molecule has 1 N–H and O–H groups in total. The number of nitrogens with one attached hydrogen (secondary N) is 1. The topological polar surface area (TPSA) is 53.9 Å². The standard InChI is InChI=1S/C14H19N5/c1-19(10-11-6-4-5-9-15-11)14-16-12-7-2-3-8-13(12)17-18-14/h2-3,7-8,11,15H,4-6,9-10H2,1H3. The number of para-hydroxylation sites is 1. The highest BCUT2D eigenvalue weighted by atomic mass is 15.3. The second-order valence-electron chi connectivity index (χ2n) is 5.13. The smallest absolute Gasteiger partial charge is 0.245 e. The second kappa shape index (κ2) is 5.48. The Bertz CT molecular complexity index is 550. The molecule has 5 nitrogen and oxygen atoms in total. The summed E-state index contributed by atoms with van der Waals surface area (Å²) in [5, 5.41) is 12.0. The minimum absolute atomic E-state index is 0.536. The van der Waals surface area contributed by atoms with Crippen molar-refractivity contribution >= 4 is 17.0 Å². The fraction of sp³-hybridized carbons (Fsp3) is 0.500. The van der Waals surface area contributed by atoms with Gasteiger partial charge in [-0.3, -0.25) is 0 Å². The number of aromatic nitrogens is 3. The molecule has 3 rings (SSSR count). The molecule has 100 valence electrons. The van der Waals surface area contributed by atoms with Crippen LogP contribution in [0.1, 0.15) is 19.3 Å². The lowest BCUT2D eigenvalue weighted by molar-refractivity contribution is 0.402. The number of hydrogen-bond acceptors (Lipinski definition) is 5. The third-order valence-electron chi connectivity index (χ3n) is 3.60. The first-order valence-corrected chi connectivity index (χ1v) is 6.87. The van der Waals surface area contributed by atoms with Gasteiger partial charge in [-0.1, -0.05) is 18.6 Å². The van der Waals surface area contributed by atoms with E-state index in [-0.39, 0.29) is 0 Å². The Morgan fingerprint density at radius 1 is 1.21 bits per heavy atom. The lowest BCUT2D eigenvalue weighted by Crippen LogP contribution is -2.43. The number of nitrogens with zero attached hydrogens (tertiary/aromatic N) is 4. The molecule has 0 saturated carbocycles. The van der Waals surface area contributed by atoms with Gasteiger partial charge in [-0.2, -0.15) is 0 Å². The van der Waals surface area contributed by atoms with Crippen molar-refractivity contribution in [1.29, 1.82) is 0 Å². The van der Waals surface area contributed by atoms with E-state index in [9.17, 15) is 0 Å². The lowest BCUT2D eigenvalue weighted by Gasteiger charge is -2.28. The van der Waals surface area contributed by atoms with Gasteiger partial charge in [-0.15, -0.1) is 10.2 Å². The van der Waals surface area contributed by atoms with Crippen molar-refractivity contribution in [3.8, 4) is 0 Å². The molecule has 2 aromatic rings. The molecule has 0 aliphatic carbocycles. The molecule has 1 aromatic heterocycles. The van der Waals surface area contributed by atoms with E-state index >= 15 is 0 Å². The Morgan fingerprint density at radius 2 is 2.05 bits per heavy atom. The van der Waals surface area contributed by atoms with Gasteiger partial charge in [0.05, 0.1) is 5.52 Å². The molecule has 1 atom stereocenters. The van der Waals surface area contributed by atoms with E-state index in [2.05, 4.69) is 25.4 Å². The summed E-state index contributed by atoms with van der Waals surface area (Å²) in [5.74, 6) is 0.700. The van der Waals surface area contributed by atoms with Crippen LogP contribution >= 0.6 is 0 Å². The molecule has 0 amide bonds. The number of hydrogen-bond donors (Lipinski definition) is 1. The van der Waals surface area contributed by atoms with E-state index in [1.165, 1.54) is 19.3 Å². The fourth-order valence-electron chi connectivity index (χ4n) is 2.53. The minimum atomic E-state index is 0.536. The molecule has 1 aliphatic rings. The molecule has 0 bridgehead atoms. The van der Waals surface area contributed by atoms with Crippen LogP contribution in [0.4, 0.5) is 5.95 Å². The summed E-state index contributed by atoms with van der Waals surface area (Å²) < 4.78 is 0. The van der Waals surface area contributed by atoms with Crippen LogP contribution in [0.3, 0.4) is 0 Å². The molecule has 5 heteroatoms. The van der Waals surface area contributed by atoms with Crippen molar-refractivity contribution in [2.45, 2.75) is 25.3 Å². The molecule has 0 radical (unpaired) electrons. The van der Waals surface area contributed by atoms with E-state index in [0.29, 0.717) is 12.0 Å². The average Bonchev–Trinajstić information content (AvgIpc) is 2.48. The summed E-state index contributed by atoms with van der Waals surface area (Å²) in [6.45, 7) is 2.05. The zero-order valence-electron chi connectivity index (χ0n) is 11.2. The van der Waals surface area contributed by atoms with Crippen molar-refractivity contribution < 1.29 is 0 Å². The maximum Gasteiger partial charge on any atom is 0.245 e. The zero-order valence-corrected chi connectivity index (χ0v) is 11.2. The van der Waals surface area contributed by atoms with Gasteiger partial charge in [0.2, 0.25) is 5.95 Å². The molecular formula is C14H19N5. The summed E-state index contributed by atoms with van der Waals surface area (Å²) in [4.78, 5) is 6.65. The van der Waals surface area contributed by atoms with Gasteiger partial charge in [-0.05, 0) is 31.5 Å². The average molecular weight is 257 g/mol. The van der Waals surface area contributed by atoms with Gasteiger partial charge in [0.25, 0.3) is 0 Å². The Kier molecular flexibility index (Phi) is 3.55. The van der Waals surface area contributed by atoms with Crippen molar-refractivity contribution in [3.63, 3.8) is 0 Å². The molecule has 0 spiro atoms. The van der Waals surface area contributed by atoms with Crippen LogP contribution < -0.4 is 10.2 Å². The number of piperidine rings is 1. The number of anilines is 1. The van der Waals surface area contributed by atoms with Crippen LogP contribution in [0.15, 0.2) is 24.3 Å². The molecule has 1 saturated heterocycles. The van der Waals surface area contributed by atoms with Crippen LogP contribution in [-0.2, 0) is 0 Å². The van der Waals surface area contributed by atoms with Crippen LogP contribution in [-0.4, -0.2) is 41.4 Å². The predicted octanol–water partition coefficient (Wildman–Crippen LogP) is 1.60. The summed E-state index contributed by atoms with van der Waals surface area (Å²) in [5.41, 5.74) is 1.74. The van der Waals surface area contributed by atoms with E-state index in [1.54, 1.807) is 0 Å². The SMILES string of the molecule is CN(CC1CCCCN1)c1nnc2ccccc2n1. The number of fused-ring (bicyclic) bond motifs is 1. The summed E-state index contributed by atoms with van der Waals surface area (Å²) in [6.07, 6.45) is 3.82. The quantitative estimate of drug-likeness (QED) is 0.905. The third kappa shape index (κ3) is 2.81. The van der Waals surface area contributed by atoms with Crippen molar-refractivity contribution in [2.24, 2.45) is 0 Å². The number of rotatable bonds is 3. The Balaban J connectivity index is 1.75. The maximum atomic E-state index is 4.57. The summed E-state index contributed by atoms with van der Waals surface area (Å²) in [6, 6.07) is 8.37. The predicted molar refractivity (Wildman–Crippen MR) is 76.2 cm³/mol. The molecule has 19 heavy (non-hydrogen) atoms. The van der Waals surface area contributed by atoms with Gasteiger partial charge in [-0.25, -0.2) is 4.98 Å².